The molecule has 0 amide bonds. The van der Waals surface area contributed by atoms with Crippen molar-refractivity contribution in [3.63, 3.8) is 0 Å². The summed E-state index contributed by atoms with van der Waals surface area (Å²) in [5.41, 5.74) is 0.425. The highest BCUT2D eigenvalue weighted by Crippen LogP contribution is 2.28. The molecule has 0 radical (unpaired) electrons. The lowest BCUT2D eigenvalue weighted by Gasteiger charge is -2.07. The van der Waals surface area contributed by atoms with E-state index in [0.717, 1.165) is 15.2 Å². The van der Waals surface area contributed by atoms with E-state index in [1.165, 1.54) is 24.4 Å². The summed E-state index contributed by atoms with van der Waals surface area (Å²) in [5, 5.41) is 15.6. The summed E-state index contributed by atoms with van der Waals surface area (Å²) in [4.78, 5) is 2.22. The molecule has 0 heterocycles. The largest absolute Gasteiger partial charge is 0.507 e. The van der Waals surface area contributed by atoms with E-state index in [2.05, 4.69) is 25.9 Å². The van der Waals surface area contributed by atoms with Crippen molar-refractivity contribution >= 4 is 42.9 Å². The first-order valence-electron chi connectivity index (χ1n) is 8.09. The third-order valence-corrected chi connectivity index (χ3v) is 5.54. The summed E-state index contributed by atoms with van der Waals surface area (Å²) in [6, 6.07) is 14.9. The summed E-state index contributed by atoms with van der Waals surface area (Å²) in [6.07, 6.45) is 1.29. The second-order valence-corrected chi connectivity index (χ2v) is 8.20. The van der Waals surface area contributed by atoms with Gasteiger partial charge >= 0.3 is 0 Å². The number of ether oxygens (including phenoxy) is 1. The maximum atomic E-state index is 12.4. The number of fused-ring (bicyclic) bond motifs is 1. The highest BCUT2D eigenvalue weighted by atomic mass is 79.9. The van der Waals surface area contributed by atoms with Crippen LogP contribution in [0.5, 0.6) is 11.5 Å². The Bertz CT molecular complexity index is 1100. The first kappa shape index (κ1) is 19.2. The summed E-state index contributed by atoms with van der Waals surface area (Å²) < 4.78 is 30.9. The minimum Gasteiger partial charge on any atom is -0.507 e. The van der Waals surface area contributed by atoms with Gasteiger partial charge in [0.25, 0.3) is 10.0 Å². The molecule has 3 rings (SSSR count). The second-order valence-electron chi connectivity index (χ2n) is 5.62. The molecule has 0 aliphatic heterocycles. The highest BCUT2D eigenvalue weighted by molar-refractivity contribution is 9.10. The molecule has 3 aromatic carbocycles. The average Bonchev–Trinajstić information content (AvgIpc) is 2.64. The molecule has 3 aromatic rings. The number of aromatic hydroxyl groups is 1. The summed E-state index contributed by atoms with van der Waals surface area (Å²) in [7, 11) is -3.83. The zero-order valence-electron chi connectivity index (χ0n) is 14.4. The van der Waals surface area contributed by atoms with Crippen molar-refractivity contribution in [2.24, 2.45) is 5.10 Å². The predicted octanol–water partition coefficient (Wildman–Crippen LogP) is 4.02. The maximum absolute atomic E-state index is 12.4. The van der Waals surface area contributed by atoms with Gasteiger partial charge in [-0.25, -0.2) is 4.83 Å². The van der Waals surface area contributed by atoms with Gasteiger partial charge in [-0.3, -0.25) is 0 Å². The number of sulfonamides is 1. The number of rotatable bonds is 6. The molecule has 8 heteroatoms. The smallest absolute Gasteiger partial charge is 0.276 e. The number of hydrogen-bond acceptors (Lipinski definition) is 5. The van der Waals surface area contributed by atoms with Gasteiger partial charge < -0.3 is 9.84 Å². The van der Waals surface area contributed by atoms with E-state index >= 15 is 0 Å². The molecule has 140 valence electrons. The standard InChI is InChI=1S/C19H17BrN2O4S/c1-2-26-15-5-7-16(8-6-15)27(24,25)22-21-12-18-17-9-4-14(20)11-13(17)3-10-19(18)23/h3-12,22-23H,2H2,1H3/b21-12+. The van der Waals surface area contributed by atoms with Crippen LogP contribution in [0.15, 0.2) is 69.1 Å². The van der Waals surface area contributed by atoms with Crippen LogP contribution >= 0.6 is 15.9 Å². The Morgan fingerprint density at radius 2 is 1.89 bits per heavy atom. The fraction of sp³-hybridized carbons (Fsp3) is 0.105. The van der Waals surface area contributed by atoms with Crippen molar-refractivity contribution in [2.45, 2.75) is 11.8 Å². The molecule has 2 N–H and O–H groups in total. The molecule has 0 aromatic heterocycles. The van der Waals surface area contributed by atoms with Gasteiger partial charge in [0, 0.05) is 10.0 Å². The third kappa shape index (κ3) is 4.40. The maximum Gasteiger partial charge on any atom is 0.276 e. The van der Waals surface area contributed by atoms with Crippen LogP contribution in [0.25, 0.3) is 10.8 Å². The van der Waals surface area contributed by atoms with Crippen LogP contribution in [0, 0.1) is 0 Å². The molecular formula is C19H17BrN2O4S. The van der Waals surface area contributed by atoms with Gasteiger partial charge in [-0.1, -0.05) is 28.1 Å². The monoisotopic (exact) mass is 448 g/mol. The van der Waals surface area contributed by atoms with Gasteiger partial charge in [-0.15, -0.1) is 0 Å². The SMILES string of the molecule is CCOc1ccc(S(=O)(=O)N/N=C/c2c(O)ccc3cc(Br)ccc23)cc1. The molecule has 0 bridgehead atoms. The number of halogens is 1. The Morgan fingerprint density at radius 3 is 2.59 bits per heavy atom. The molecule has 0 spiro atoms. The minimum atomic E-state index is -3.83. The van der Waals surface area contributed by atoms with Crippen LogP contribution in [0.4, 0.5) is 0 Å². The first-order chi connectivity index (χ1) is 12.9. The average molecular weight is 449 g/mol. The molecule has 0 fully saturated rings. The lowest BCUT2D eigenvalue weighted by molar-refractivity contribution is 0.340. The predicted molar refractivity (Wildman–Crippen MR) is 109 cm³/mol. The number of hydrazone groups is 1. The zero-order valence-corrected chi connectivity index (χ0v) is 16.8. The van der Waals surface area contributed by atoms with Crippen molar-refractivity contribution < 1.29 is 18.3 Å². The number of phenolic OH excluding ortho intramolecular Hbond substituents is 1. The van der Waals surface area contributed by atoms with Crippen molar-refractivity contribution in [3.8, 4) is 11.5 Å². The van der Waals surface area contributed by atoms with E-state index in [0.29, 0.717) is 17.9 Å². The molecule has 0 saturated heterocycles. The van der Waals surface area contributed by atoms with Crippen molar-refractivity contribution in [1.29, 1.82) is 0 Å². The van der Waals surface area contributed by atoms with E-state index in [1.807, 2.05) is 25.1 Å². The lowest BCUT2D eigenvalue weighted by atomic mass is 10.0. The molecular weight excluding hydrogens is 432 g/mol. The molecule has 27 heavy (non-hydrogen) atoms. The van der Waals surface area contributed by atoms with Gasteiger partial charge in [0.2, 0.25) is 0 Å². The molecule has 0 unspecified atom stereocenters. The van der Waals surface area contributed by atoms with Crippen LogP contribution in [-0.4, -0.2) is 26.3 Å². The third-order valence-electron chi connectivity index (χ3n) is 3.81. The van der Waals surface area contributed by atoms with Crippen molar-refractivity contribution in [3.05, 3.63) is 64.6 Å². The lowest BCUT2D eigenvalue weighted by Crippen LogP contribution is -2.18. The van der Waals surface area contributed by atoms with Gasteiger partial charge in [0.1, 0.15) is 11.5 Å². The topological polar surface area (TPSA) is 88.0 Å². The molecule has 0 aliphatic rings. The quantitative estimate of drug-likeness (QED) is 0.440. The number of benzene rings is 3. The highest BCUT2D eigenvalue weighted by Gasteiger charge is 2.13. The Morgan fingerprint density at radius 1 is 1.15 bits per heavy atom. The van der Waals surface area contributed by atoms with Crippen molar-refractivity contribution in [1.82, 2.24) is 4.83 Å². The fourth-order valence-corrected chi connectivity index (χ4v) is 3.71. The van der Waals surface area contributed by atoms with E-state index in [1.54, 1.807) is 18.2 Å². The zero-order chi connectivity index (χ0) is 19.4. The minimum absolute atomic E-state index is 0.00818. The molecule has 0 atom stereocenters. The Balaban J connectivity index is 1.84. The van der Waals surface area contributed by atoms with E-state index in [-0.39, 0.29) is 10.6 Å². The van der Waals surface area contributed by atoms with Gasteiger partial charge in [-0.05, 0) is 60.2 Å². The van der Waals surface area contributed by atoms with Gasteiger partial charge in [0.05, 0.1) is 17.7 Å². The van der Waals surface area contributed by atoms with Crippen LogP contribution in [-0.2, 0) is 10.0 Å². The number of hydrogen-bond donors (Lipinski definition) is 2. The van der Waals surface area contributed by atoms with E-state index in [4.69, 9.17) is 4.74 Å². The Kier molecular flexibility index (Phi) is 5.67. The Hall–Kier alpha value is -2.58. The van der Waals surface area contributed by atoms with Crippen LogP contribution < -0.4 is 9.57 Å². The number of phenols is 1. The fourth-order valence-electron chi connectivity index (χ4n) is 2.54. The van der Waals surface area contributed by atoms with Gasteiger partial charge in [0.15, 0.2) is 0 Å². The van der Waals surface area contributed by atoms with Crippen LogP contribution in [0.2, 0.25) is 0 Å². The van der Waals surface area contributed by atoms with E-state index in [9.17, 15) is 13.5 Å². The number of nitrogens with one attached hydrogen (secondary N) is 1. The summed E-state index contributed by atoms with van der Waals surface area (Å²) in [6.45, 7) is 2.35. The van der Waals surface area contributed by atoms with Crippen LogP contribution in [0.1, 0.15) is 12.5 Å². The normalized spacial score (nSPS) is 11.8. The number of nitrogens with zero attached hydrogens (tertiary/aromatic N) is 1. The Labute approximate surface area is 165 Å². The second kappa shape index (κ2) is 7.98. The molecule has 0 aliphatic carbocycles. The molecule has 0 saturated carbocycles. The van der Waals surface area contributed by atoms with Crippen LogP contribution in [0.3, 0.4) is 0 Å². The van der Waals surface area contributed by atoms with Crippen molar-refractivity contribution in [2.75, 3.05) is 6.61 Å². The summed E-state index contributed by atoms with van der Waals surface area (Å²) >= 11 is 3.40. The molecule has 6 nitrogen and oxygen atoms in total. The summed E-state index contributed by atoms with van der Waals surface area (Å²) in [5.74, 6) is 0.598. The first-order valence-corrected chi connectivity index (χ1v) is 10.4. The van der Waals surface area contributed by atoms with Gasteiger partial charge in [-0.2, -0.15) is 13.5 Å². The van der Waals surface area contributed by atoms with E-state index < -0.39 is 10.0 Å².